The Labute approximate surface area is 131 Å². The number of nitrogens with zero attached hydrogens (tertiary/aromatic N) is 2. The summed E-state index contributed by atoms with van der Waals surface area (Å²) < 4.78 is 8.75. The van der Waals surface area contributed by atoms with E-state index in [0.717, 1.165) is 18.2 Å². The maximum atomic E-state index is 11.5. The topological polar surface area (TPSA) is 151 Å². The van der Waals surface area contributed by atoms with Crippen molar-refractivity contribution in [3.05, 3.63) is 38.4 Å². The highest BCUT2D eigenvalue weighted by atomic mass is 35.5. The number of alkyl halides is 1. The SMILES string of the molecule is O=C(Oc1ccc(SOOO)c([N+](=O)[O-])c1)C(CCl)[N+](=O)[O-]. The normalized spacial score (nSPS) is 11.7. The predicted octanol–water partition coefficient (Wildman–Crippen LogP) is 1.81. The average molecular weight is 355 g/mol. The van der Waals surface area contributed by atoms with Crippen molar-refractivity contribution in [2.75, 3.05) is 5.88 Å². The number of carbonyl (C=O) groups is 1. The second kappa shape index (κ2) is 8.45. The first-order valence-corrected chi connectivity index (χ1v) is 6.52. The van der Waals surface area contributed by atoms with Gasteiger partial charge in [-0.3, -0.25) is 20.2 Å². The fourth-order valence-electron chi connectivity index (χ4n) is 1.22. The molecule has 0 radical (unpaired) electrons. The molecular weight excluding hydrogens is 348 g/mol. The quantitative estimate of drug-likeness (QED) is 0.139. The van der Waals surface area contributed by atoms with Gasteiger partial charge in [-0.05, 0) is 12.1 Å². The summed E-state index contributed by atoms with van der Waals surface area (Å²) in [5.74, 6) is -2.16. The molecule has 1 rings (SSSR count). The van der Waals surface area contributed by atoms with E-state index >= 15 is 0 Å². The first-order chi connectivity index (χ1) is 10.4. The third-order valence-corrected chi connectivity index (χ3v) is 3.12. The summed E-state index contributed by atoms with van der Waals surface area (Å²) in [6, 6.07) is 1.33. The number of rotatable bonds is 8. The molecule has 0 saturated carbocycles. The van der Waals surface area contributed by atoms with Gasteiger partial charge in [-0.25, -0.2) is 10.1 Å². The number of benzene rings is 1. The molecule has 1 aromatic carbocycles. The second-order valence-electron chi connectivity index (χ2n) is 3.49. The Balaban J connectivity index is 2.97. The minimum atomic E-state index is -1.79. The third kappa shape index (κ3) is 4.78. The minimum absolute atomic E-state index is 0.0676. The van der Waals surface area contributed by atoms with Crippen molar-refractivity contribution in [1.82, 2.24) is 0 Å². The van der Waals surface area contributed by atoms with Gasteiger partial charge < -0.3 is 4.74 Å². The number of esters is 1. The van der Waals surface area contributed by atoms with Crippen molar-refractivity contribution in [3.63, 3.8) is 0 Å². The molecule has 1 N–H and O–H groups in total. The summed E-state index contributed by atoms with van der Waals surface area (Å²) in [6.07, 6.45) is 0. The van der Waals surface area contributed by atoms with Crippen LogP contribution in [0.3, 0.4) is 0 Å². The zero-order valence-electron chi connectivity index (χ0n) is 10.4. The fourth-order valence-corrected chi connectivity index (χ4v) is 1.90. The molecule has 0 heterocycles. The van der Waals surface area contributed by atoms with Crippen LogP contribution in [0.25, 0.3) is 0 Å². The van der Waals surface area contributed by atoms with Crippen molar-refractivity contribution >= 4 is 35.3 Å². The third-order valence-electron chi connectivity index (χ3n) is 2.17. The molecule has 22 heavy (non-hydrogen) atoms. The fraction of sp³-hybridized carbons (Fsp3) is 0.222. The van der Waals surface area contributed by atoms with E-state index in [1.54, 1.807) is 0 Å². The Morgan fingerprint density at radius 2 is 2.09 bits per heavy atom. The lowest BCUT2D eigenvalue weighted by Gasteiger charge is -2.07. The molecule has 0 amide bonds. The largest absolute Gasteiger partial charge is 0.421 e. The monoisotopic (exact) mass is 354 g/mol. The zero-order chi connectivity index (χ0) is 16.7. The number of hydrogen-bond donors (Lipinski definition) is 1. The van der Waals surface area contributed by atoms with E-state index in [0.29, 0.717) is 12.0 Å². The van der Waals surface area contributed by atoms with Gasteiger partial charge in [0.05, 0.1) is 23.0 Å². The van der Waals surface area contributed by atoms with Crippen LogP contribution in [-0.2, 0) is 14.2 Å². The number of nitro groups is 2. The first-order valence-electron chi connectivity index (χ1n) is 5.25. The number of carbonyl (C=O) groups excluding carboxylic acids is 1. The lowest BCUT2D eigenvalue weighted by atomic mass is 10.3. The Morgan fingerprint density at radius 3 is 2.59 bits per heavy atom. The maximum absolute atomic E-state index is 11.5. The van der Waals surface area contributed by atoms with Crippen LogP contribution in [0.2, 0.25) is 0 Å². The summed E-state index contributed by atoms with van der Waals surface area (Å²) in [4.78, 5) is 31.2. The zero-order valence-corrected chi connectivity index (χ0v) is 12.0. The summed E-state index contributed by atoms with van der Waals surface area (Å²) >= 11 is 5.61. The van der Waals surface area contributed by atoms with Gasteiger partial charge in [0, 0.05) is 4.92 Å². The van der Waals surface area contributed by atoms with Gasteiger partial charge in [0.2, 0.25) is 0 Å². The Hall–Kier alpha value is -1.99. The van der Waals surface area contributed by atoms with Gasteiger partial charge in [-0.1, -0.05) is 5.04 Å². The lowest BCUT2D eigenvalue weighted by molar-refractivity contribution is -0.504. The summed E-state index contributed by atoms with van der Waals surface area (Å²) in [6.45, 7) is 0. The van der Waals surface area contributed by atoms with Crippen molar-refractivity contribution < 1.29 is 34.0 Å². The van der Waals surface area contributed by atoms with E-state index in [2.05, 4.69) is 14.1 Å². The highest BCUT2D eigenvalue weighted by Crippen LogP contribution is 2.33. The molecule has 0 saturated heterocycles. The molecule has 11 nitrogen and oxygen atoms in total. The molecule has 0 aliphatic heterocycles. The molecule has 13 heteroatoms. The van der Waals surface area contributed by atoms with Crippen LogP contribution in [0.5, 0.6) is 5.75 Å². The molecule has 0 bridgehead atoms. The van der Waals surface area contributed by atoms with Gasteiger partial charge in [0.15, 0.2) is 0 Å². The lowest BCUT2D eigenvalue weighted by Crippen LogP contribution is -2.34. The highest BCUT2D eigenvalue weighted by Gasteiger charge is 2.31. The molecule has 1 atom stereocenters. The average Bonchev–Trinajstić information content (AvgIpc) is 2.45. The van der Waals surface area contributed by atoms with E-state index in [1.165, 1.54) is 0 Å². The molecule has 1 unspecified atom stereocenters. The smallest absolute Gasteiger partial charge is 0.388 e. The van der Waals surface area contributed by atoms with Crippen LogP contribution in [0.15, 0.2) is 23.1 Å². The molecule has 0 fully saturated rings. The van der Waals surface area contributed by atoms with Crippen LogP contribution in [0.1, 0.15) is 0 Å². The number of ether oxygens (including phenoxy) is 1. The van der Waals surface area contributed by atoms with Gasteiger partial charge in [-0.15, -0.1) is 15.9 Å². The molecule has 0 aromatic heterocycles. The Kier molecular flexibility index (Phi) is 6.94. The predicted molar refractivity (Wildman–Crippen MR) is 70.9 cm³/mol. The molecule has 120 valence electrons. The van der Waals surface area contributed by atoms with Crippen LogP contribution < -0.4 is 4.74 Å². The molecule has 0 spiro atoms. The summed E-state index contributed by atoms with van der Waals surface area (Å²) in [5, 5.41) is 32.8. The van der Waals surface area contributed by atoms with Gasteiger partial charge >= 0.3 is 12.0 Å². The van der Waals surface area contributed by atoms with Crippen molar-refractivity contribution in [2.24, 2.45) is 0 Å². The van der Waals surface area contributed by atoms with Gasteiger partial charge in [0.25, 0.3) is 5.69 Å². The first kappa shape index (κ1) is 18.1. The second-order valence-corrected chi connectivity index (χ2v) is 4.54. The number of nitro benzene ring substituents is 1. The number of halogens is 1. The van der Waals surface area contributed by atoms with E-state index < -0.39 is 33.4 Å². The highest BCUT2D eigenvalue weighted by molar-refractivity contribution is 7.94. The van der Waals surface area contributed by atoms with Crippen molar-refractivity contribution in [2.45, 2.75) is 10.9 Å². The molecule has 0 aliphatic carbocycles. The maximum Gasteiger partial charge on any atom is 0.388 e. The van der Waals surface area contributed by atoms with Crippen LogP contribution in [0, 0.1) is 20.2 Å². The minimum Gasteiger partial charge on any atom is -0.421 e. The van der Waals surface area contributed by atoms with E-state index in [4.69, 9.17) is 16.9 Å². The Bertz CT molecular complexity index is 584. The van der Waals surface area contributed by atoms with E-state index in [9.17, 15) is 25.0 Å². The standard InChI is InChI=1S/C9H7ClN2O9S/c10-4-7(12(16)17)9(13)19-5-1-2-8(22-21-20-18)6(3-5)11(14)15/h1-3,7,18H,4H2. The molecule has 0 aliphatic rings. The summed E-state index contributed by atoms with van der Waals surface area (Å²) in [7, 11) is 0. The van der Waals surface area contributed by atoms with Gasteiger partial charge in [0.1, 0.15) is 16.5 Å². The van der Waals surface area contributed by atoms with Crippen LogP contribution in [-0.4, -0.2) is 33.0 Å². The van der Waals surface area contributed by atoms with Crippen LogP contribution >= 0.6 is 23.6 Å². The molecular formula is C9H7ClN2O9S. The Morgan fingerprint density at radius 1 is 1.41 bits per heavy atom. The van der Waals surface area contributed by atoms with Gasteiger partial charge in [-0.2, -0.15) is 0 Å². The van der Waals surface area contributed by atoms with E-state index in [-0.39, 0.29) is 10.6 Å². The number of hydrogen-bond acceptors (Lipinski definition) is 10. The van der Waals surface area contributed by atoms with Crippen LogP contribution in [0.4, 0.5) is 5.69 Å². The van der Waals surface area contributed by atoms with Crippen molar-refractivity contribution in [3.8, 4) is 5.75 Å². The van der Waals surface area contributed by atoms with Crippen molar-refractivity contribution in [1.29, 1.82) is 0 Å². The molecule has 1 aromatic rings. The van der Waals surface area contributed by atoms with E-state index in [1.807, 2.05) is 0 Å². The summed E-state index contributed by atoms with van der Waals surface area (Å²) in [5.41, 5.74) is -0.532.